The summed E-state index contributed by atoms with van der Waals surface area (Å²) in [4.78, 5) is 0. The Morgan fingerprint density at radius 2 is 0.471 bits per heavy atom. The van der Waals surface area contributed by atoms with Gasteiger partial charge in [0.15, 0.2) is 0 Å². The maximum absolute atomic E-state index is 7.32. The predicted octanol–water partition coefficient (Wildman–Crippen LogP) is -31.9. The predicted molar refractivity (Wildman–Crippen MR) is 91.0 cm³/mol. The number of nitrogens with zero attached hydrogens (tertiary/aromatic N) is 3. The van der Waals surface area contributed by atoms with Gasteiger partial charge in [0.1, 0.15) is 0 Å². The summed E-state index contributed by atoms with van der Waals surface area (Å²) in [6.45, 7) is 15.3. The van der Waals surface area contributed by atoms with E-state index in [1.807, 2.05) is 0 Å². The summed E-state index contributed by atoms with van der Waals surface area (Å²) in [6.07, 6.45) is 0. The van der Waals surface area contributed by atoms with Crippen LogP contribution in [0.4, 0.5) is 0 Å². The van der Waals surface area contributed by atoms with Gasteiger partial charge in [0.2, 0.25) is 0 Å². The van der Waals surface area contributed by atoms with Gasteiger partial charge in [-0.1, -0.05) is 18.1 Å². The van der Waals surface area contributed by atoms with E-state index in [0.717, 1.165) is 0 Å². The number of nitriles is 3. The summed E-state index contributed by atoms with van der Waals surface area (Å²) < 4.78 is 0. The van der Waals surface area contributed by atoms with Gasteiger partial charge < -0.3 is 56.5 Å². The zero-order valence-corrected chi connectivity index (χ0v) is 25.8. The molecule has 1 rings (SSSR count). The molecule has 2 radical (unpaired) electrons. The topological polar surface area (TPSA) is 71.4 Å². The van der Waals surface area contributed by atoms with Crippen molar-refractivity contribution in [2.24, 2.45) is 0 Å². The second-order valence-electron chi connectivity index (χ2n) is 3.80. The van der Waals surface area contributed by atoms with Gasteiger partial charge in [-0.2, -0.15) is 15.8 Å². The van der Waals surface area contributed by atoms with Crippen LogP contribution in [-0.4, -0.2) is 48.9 Å². The summed E-state index contributed by atoms with van der Waals surface area (Å²) in [7, 11) is 0. The third-order valence-corrected chi connectivity index (χ3v) is 2.81. The third kappa shape index (κ3) is 77.1. The quantitative estimate of drug-likeness (QED) is 0.180. The van der Waals surface area contributed by atoms with Gasteiger partial charge in [0.25, 0.3) is 0 Å². The normalized spacial score (nSPS) is 6.97. The molecule has 0 aromatic carbocycles. The van der Waals surface area contributed by atoms with Crippen LogP contribution in [0.1, 0.15) is 55.4 Å². The Balaban J connectivity index is -0.00000000610. The van der Waals surface area contributed by atoms with E-state index in [-0.39, 0.29) is 125 Å². The molecule has 206 valence electrons. The van der Waals surface area contributed by atoms with Crippen molar-refractivity contribution >= 4 is 48.9 Å². The molecule has 1 aliphatic carbocycles. The average Bonchev–Trinajstić information content (AvgIpc) is 2.51. The third-order valence-electron chi connectivity index (χ3n) is 2.81. The maximum Gasteiger partial charge on any atom is 5.00 e. The fourth-order valence-corrected chi connectivity index (χ4v) is 1.41. The van der Waals surface area contributed by atoms with Gasteiger partial charge in [0.05, 0.1) is 18.2 Å². The van der Waals surface area contributed by atoms with E-state index >= 15 is 0 Å². The Kier molecular flexibility index (Phi) is 460. The van der Waals surface area contributed by atoms with Gasteiger partial charge in [-0.15, -0.1) is 0 Å². The Bertz CT molecular complexity index is 429. The van der Waals surface area contributed by atoms with Gasteiger partial charge in [-0.05, 0) is 38.8 Å². The molecule has 3 nitrogen and oxygen atoms in total. The van der Waals surface area contributed by atoms with Crippen LogP contribution in [0.2, 0.25) is 0 Å². The standard InChI is InChI=1S/C10H15.3C2H3N.12FH.Rh.2Sb/c1-6-7(2)9(4)10(5)8(6)3;3*1-2-3;;;;;;;;;;;;;;;/h1-5H3;3*1H3;12*1H;;;/q;;;;;;;;;;;;;;;;+2;2*+5/p-12. The van der Waals surface area contributed by atoms with E-state index in [2.05, 4.69) is 34.6 Å². The molecular weight excluding hydrogens is 809 g/mol. The van der Waals surface area contributed by atoms with Gasteiger partial charge in [-0.25, -0.2) is 0 Å². The summed E-state index contributed by atoms with van der Waals surface area (Å²) in [5, 5.41) is 22.0. The Labute approximate surface area is 241 Å². The van der Waals surface area contributed by atoms with Crippen molar-refractivity contribution in [2.45, 2.75) is 55.4 Å². The van der Waals surface area contributed by atoms with Crippen LogP contribution in [0.25, 0.3) is 0 Å². The smallest absolute Gasteiger partial charge is 1.00 e. The molecule has 0 fully saturated rings. The molecule has 0 aromatic heterocycles. The minimum Gasteiger partial charge on any atom is -1.00 e. The maximum atomic E-state index is 7.32. The largest absolute Gasteiger partial charge is 5.00 e. The van der Waals surface area contributed by atoms with Crippen LogP contribution in [0.15, 0.2) is 22.3 Å². The molecule has 0 aliphatic heterocycles. The summed E-state index contributed by atoms with van der Waals surface area (Å²) in [5.41, 5.74) is 5.87. The molecule has 0 aromatic rings. The van der Waals surface area contributed by atoms with E-state index in [1.165, 1.54) is 49.0 Å². The Morgan fingerprint density at radius 1 is 0.382 bits per heavy atom. The molecule has 0 amide bonds. The zero-order chi connectivity index (χ0) is 16.0. The van der Waals surface area contributed by atoms with Crippen LogP contribution >= 0.6 is 0 Å². The van der Waals surface area contributed by atoms with Crippen molar-refractivity contribution in [1.29, 1.82) is 15.8 Å². The molecular formula is C16H24F12N3RhSb2. The van der Waals surface area contributed by atoms with E-state index in [0.29, 0.717) is 0 Å². The second kappa shape index (κ2) is 106. The minimum absolute atomic E-state index is 0. The number of halogens is 12. The van der Waals surface area contributed by atoms with E-state index < -0.39 is 0 Å². The van der Waals surface area contributed by atoms with Crippen molar-refractivity contribution in [3.05, 3.63) is 28.2 Å². The van der Waals surface area contributed by atoms with Gasteiger partial charge in [0, 0.05) is 26.7 Å². The van der Waals surface area contributed by atoms with Crippen molar-refractivity contribution in [3.8, 4) is 18.2 Å². The molecule has 0 atom stereocenters. The average molecular weight is 833 g/mol. The first-order valence-corrected chi connectivity index (χ1v) is 5.92. The monoisotopic (exact) mass is 831 g/mol. The fourth-order valence-electron chi connectivity index (χ4n) is 1.41. The van der Waals surface area contributed by atoms with Gasteiger partial charge in [-0.3, -0.25) is 0 Å². The minimum atomic E-state index is 0. The molecule has 1 aliphatic rings. The van der Waals surface area contributed by atoms with Crippen LogP contribution in [0.3, 0.4) is 0 Å². The van der Waals surface area contributed by atoms with Crippen molar-refractivity contribution in [2.75, 3.05) is 0 Å². The molecule has 0 N–H and O–H groups in total. The van der Waals surface area contributed by atoms with E-state index in [4.69, 9.17) is 15.8 Å². The molecule has 0 saturated carbocycles. The van der Waals surface area contributed by atoms with Crippen LogP contribution in [-0.2, 0) is 19.5 Å². The van der Waals surface area contributed by atoms with Crippen LogP contribution in [0.5, 0.6) is 0 Å². The molecule has 0 unspecified atom stereocenters. The Hall–Kier alpha value is -0.630. The first-order valence-electron chi connectivity index (χ1n) is 5.92. The van der Waals surface area contributed by atoms with Crippen LogP contribution < -0.4 is 56.5 Å². The molecule has 0 saturated heterocycles. The summed E-state index contributed by atoms with van der Waals surface area (Å²) in [5.74, 6) is 1.47. The van der Waals surface area contributed by atoms with E-state index in [1.54, 1.807) is 18.2 Å². The fraction of sp³-hybridized carbons (Fsp3) is 0.500. The van der Waals surface area contributed by atoms with Crippen molar-refractivity contribution in [3.63, 3.8) is 0 Å². The molecule has 0 bridgehead atoms. The number of hydrogen-bond acceptors (Lipinski definition) is 3. The SMILES string of the molecule is CC#N.CC#N.CC#N.C[C]1C(C)=C(C)C(C)=C1C.[F-].[F-].[F-].[F-].[F-].[F-].[F-].[F-].[F-].[F-].[F-].[F-].[Rh+2].[Sb+5].[Sb+5]. The molecule has 34 heavy (non-hydrogen) atoms. The zero-order valence-electron chi connectivity index (χ0n) is 19.1. The number of rotatable bonds is 0. The van der Waals surface area contributed by atoms with E-state index in [9.17, 15) is 0 Å². The number of hydrogen-bond donors (Lipinski definition) is 0. The molecule has 0 heterocycles. The summed E-state index contributed by atoms with van der Waals surface area (Å²) >= 11 is 0. The van der Waals surface area contributed by atoms with Crippen molar-refractivity contribution < 1.29 is 75.9 Å². The second-order valence-corrected chi connectivity index (χ2v) is 3.80. The summed E-state index contributed by atoms with van der Waals surface area (Å²) in [6, 6.07) is 5.25. The first kappa shape index (κ1) is 148. The van der Waals surface area contributed by atoms with Crippen LogP contribution in [0, 0.1) is 39.9 Å². The molecule has 18 heteroatoms. The van der Waals surface area contributed by atoms with Gasteiger partial charge >= 0.3 is 68.3 Å². The molecule has 0 spiro atoms. The number of allylic oxidation sites excluding steroid dienone is 4. The Morgan fingerprint density at radius 3 is 0.500 bits per heavy atom. The first-order chi connectivity index (χ1) is 8.80. The van der Waals surface area contributed by atoms with Crippen molar-refractivity contribution in [1.82, 2.24) is 0 Å².